The highest BCUT2D eigenvalue weighted by Gasteiger charge is 2.51. The average Bonchev–Trinajstić information content (AvgIpc) is 2.17. The van der Waals surface area contributed by atoms with Crippen LogP contribution in [0.4, 0.5) is 0 Å². The van der Waals surface area contributed by atoms with Crippen molar-refractivity contribution in [2.45, 2.75) is 30.9 Å². The zero-order valence-corrected chi connectivity index (χ0v) is 9.14. The van der Waals surface area contributed by atoms with Crippen LogP contribution in [0.5, 0.6) is 0 Å². The molecule has 10 heteroatoms. The molecule has 0 spiro atoms. The molecule has 1 rings (SSSR count). The van der Waals surface area contributed by atoms with E-state index in [-0.39, 0.29) is 0 Å². The SMILES string of the molecule is COC1OC(O[P+](O)(O)O)C(O)C(O)C1O. The largest absolute Gasteiger partial charge is 0.570 e. The second-order valence-corrected chi connectivity index (χ2v) is 4.44. The van der Waals surface area contributed by atoms with E-state index in [0.717, 1.165) is 7.11 Å². The summed E-state index contributed by atoms with van der Waals surface area (Å²) in [5.41, 5.74) is 0. The lowest BCUT2D eigenvalue weighted by molar-refractivity contribution is -0.331. The number of aliphatic hydroxyl groups excluding tert-OH is 3. The highest BCUT2D eigenvalue weighted by Crippen LogP contribution is 2.48. The molecule has 0 radical (unpaired) electrons. The summed E-state index contributed by atoms with van der Waals surface area (Å²) in [7, 11) is -3.48. The predicted molar refractivity (Wildman–Crippen MR) is 48.4 cm³/mol. The molecule has 6 N–H and O–H groups in total. The standard InChI is InChI=1S/C6H14O9P/c1-13-5-3(8)2(7)4(9)6(14-5)15-16(10,11)12/h2-12H,1H3/q+1. The fraction of sp³-hybridized carbons (Fsp3) is 1.00. The first-order chi connectivity index (χ1) is 7.26. The third-order valence-corrected chi connectivity index (χ3v) is 2.49. The van der Waals surface area contributed by atoms with Crippen LogP contribution in [0.1, 0.15) is 0 Å². The van der Waals surface area contributed by atoms with Crippen LogP contribution < -0.4 is 0 Å². The summed E-state index contributed by atoms with van der Waals surface area (Å²) in [5.74, 6) is 0. The first-order valence-corrected chi connectivity index (χ1v) is 5.81. The van der Waals surface area contributed by atoms with Gasteiger partial charge >= 0.3 is 8.17 Å². The zero-order chi connectivity index (χ0) is 12.5. The molecule has 1 heterocycles. The summed E-state index contributed by atoms with van der Waals surface area (Å²) in [5, 5.41) is 28.0. The van der Waals surface area contributed by atoms with E-state index in [4.69, 9.17) is 19.4 Å². The van der Waals surface area contributed by atoms with E-state index in [0.29, 0.717) is 0 Å². The molecule has 1 aliphatic rings. The molecule has 1 fully saturated rings. The van der Waals surface area contributed by atoms with Gasteiger partial charge in [0.15, 0.2) is 6.29 Å². The van der Waals surface area contributed by atoms with Gasteiger partial charge in [0.1, 0.15) is 18.3 Å². The summed E-state index contributed by atoms with van der Waals surface area (Å²) in [6.45, 7) is 0. The van der Waals surface area contributed by atoms with Crippen molar-refractivity contribution in [1.29, 1.82) is 0 Å². The van der Waals surface area contributed by atoms with Crippen molar-refractivity contribution in [3.63, 3.8) is 0 Å². The van der Waals surface area contributed by atoms with Gasteiger partial charge in [-0.25, -0.2) is 0 Å². The molecular formula is C6H14O9P+. The van der Waals surface area contributed by atoms with Crippen molar-refractivity contribution in [3.8, 4) is 0 Å². The molecule has 5 atom stereocenters. The summed E-state index contributed by atoms with van der Waals surface area (Å²) < 4.78 is 13.6. The molecule has 5 unspecified atom stereocenters. The van der Waals surface area contributed by atoms with Crippen LogP contribution in [0.3, 0.4) is 0 Å². The fourth-order valence-electron chi connectivity index (χ4n) is 1.24. The summed E-state index contributed by atoms with van der Waals surface area (Å²) in [4.78, 5) is 25.9. The molecule has 0 aliphatic carbocycles. The second-order valence-electron chi connectivity index (χ2n) is 3.20. The van der Waals surface area contributed by atoms with Gasteiger partial charge in [-0.05, 0) is 0 Å². The quantitative estimate of drug-likeness (QED) is 0.293. The first kappa shape index (κ1) is 14.1. The smallest absolute Gasteiger partial charge is 0.387 e. The van der Waals surface area contributed by atoms with E-state index in [2.05, 4.69) is 9.26 Å². The molecule has 16 heavy (non-hydrogen) atoms. The Morgan fingerprint density at radius 1 is 0.938 bits per heavy atom. The molecule has 0 saturated carbocycles. The minimum Gasteiger partial charge on any atom is -0.387 e. The lowest BCUT2D eigenvalue weighted by Crippen LogP contribution is -2.58. The van der Waals surface area contributed by atoms with E-state index in [1.54, 1.807) is 0 Å². The average molecular weight is 261 g/mol. The third-order valence-electron chi connectivity index (χ3n) is 2.00. The number of hydrogen-bond donors (Lipinski definition) is 6. The van der Waals surface area contributed by atoms with E-state index < -0.39 is 39.1 Å². The maximum Gasteiger partial charge on any atom is 0.570 e. The van der Waals surface area contributed by atoms with Crippen LogP contribution in [0.15, 0.2) is 0 Å². The van der Waals surface area contributed by atoms with Gasteiger partial charge in [-0.3, -0.25) is 0 Å². The zero-order valence-electron chi connectivity index (χ0n) is 8.24. The number of methoxy groups -OCH3 is 1. The van der Waals surface area contributed by atoms with Crippen LogP contribution >= 0.6 is 8.17 Å². The highest BCUT2D eigenvalue weighted by atomic mass is 31.2. The summed E-state index contributed by atoms with van der Waals surface area (Å²) in [6, 6.07) is 0. The van der Waals surface area contributed by atoms with E-state index in [9.17, 15) is 15.3 Å². The highest BCUT2D eigenvalue weighted by molar-refractivity contribution is 7.53. The normalized spacial score (nSPS) is 41.1. The second kappa shape index (κ2) is 5.15. The predicted octanol–water partition coefficient (Wildman–Crippen LogP) is -2.93. The summed E-state index contributed by atoms with van der Waals surface area (Å²) in [6.07, 6.45) is -8.00. The van der Waals surface area contributed by atoms with E-state index in [1.165, 1.54) is 0 Å². The number of aliphatic hydroxyl groups is 3. The summed E-state index contributed by atoms with van der Waals surface area (Å²) >= 11 is 0. The van der Waals surface area contributed by atoms with Gasteiger partial charge in [0.25, 0.3) is 0 Å². The van der Waals surface area contributed by atoms with Gasteiger partial charge in [-0.15, -0.1) is 4.52 Å². The van der Waals surface area contributed by atoms with Crippen molar-refractivity contribution in [3.05, 3.63) is 0 Å². The van der Waals surface area contributed by atoms with Gasteiger partial charge in [0.05, 0.1) is 0 Å². The van der Waals surface area contributed by atoms with Crippen molar-refractivity contribution >= 4 is 8.17 Å². The molecule has 9 nitrogen and oxygen atoms in total. The number of hydrogen-bond acceptors (Lipinski definition) is 9. The lowest BCUT2D eigenvalue weighted by atomic mass is 10.0. The van der Waals surface area contributed by atoms with Gasteiger partial charge in [0.2, 0.25) is 6.29 Å². The Bertz CT molecular complexity index is 229. The first-order valence-electron chi connectivity index (χ1n) is 4.24. The van der Waals surface area contributed by atoms with Gasteiger partial charge < -0.3 is 24.8 Å². The van der Waals surface area contributed by atoms with Crippen LogP contribution in [-0.4, -0.2) is 68.0 Å². The monoisotopic (exact) mass is 261 g/mol. The topological polar surface area (TPSA) is 149 Å². The maximum atomic E-state index is 9.35. The van der Waals surface area contributed by atoms with E-state index in [1.807, 2.05) is 0 Å². The molecular weight excluding hydrogens is 247 g/mol. The van der Waals surface area contributed by atoms with Crippen LogP contribution in [0.2, 0.25) is 0 Å². The molecule has 0 aromatic rings. The van der Waals surface area contributed by atoms with Gasteiger partial charge in [-0.2, -0.15) is 14.7 Å². The molecule has 0 aromatic carbocycles. The van der Waals surface area contributed by atoms with Crippen LogP contribution in [0, 0.1) is 0 Å². The Labute approximate surface area is 91.1 Å². The van der Waals surface area contributed by atoms with Crippen LogP contribution in [-0.2, 0) is 14.0 Å². The number of ether oxygens (including phenoxy) is 2. The van der Waals surface area contributed by atoms with Crippen LogP contribution in [0.25, 0.3) is 0 Å². The Morgan fingerprint density at radius 2 is 1.44 bits per heavy atom. The fourth-order valence-corrected chi connectivity index (χ4v) is 1.69. The van der Waals surface area contributed by atoms with Gasteiger partial charge in [-0.1, -0.05) is 0 Å². The Balaban J connectivity index is 2.71. The molecule has 0 amide bonds. The molecule has 0 aromatic heterocycles. The van der Waals surface area contributed by atoms with Crippen molar-refractivity contribution in [2.75, 3.05) is 7.11 Å². The molecule has 1 saturated heterocycles. The van der Waals surface area contributed by atoms with Crippen molar-refractivity contribution < 1.29 is 44.0 Å². The minimum atomic E-state index is -4.64. The third kappa shape index (κ3) is 3.28. The Hall–Kier alpha value is 0.0700. The molecule has 1 aliphatic heterocycles. The number of rotatable bonds is 3. The van der Waals surface area contributed by atoms with Crippen molar-refractivity contribution in [1.82, 2.24) is 0 Å². The van der Waals surface area contributed by atoms with E-state index >= 15 is 0 Å². The van der Waals surface area contributed by atoms with Gasteiger partial charge in [0, 0.05) is 7.11 Å². The lowest BCUT2D eigenvalue weighted by Gasteiger charge is -2.37. The Morgan fingerprint density at radius 3 is 1.88 bits per heavy atom. The maximum absolute atomic E-state index is 9.35. The molecule has 96 valence electrons. The minimum absolute atomic E-state index is 1.16. The molecule has 0 bridgehead atoms. The Kier molecular flexibility index (Phi) is 4.55. The van der Waals surface area contributed by atoms with Crippen molar-refractivity contribution in [2.24, 2.45) is 0 Å².